The van der Waals surface area contributed by atoms with Crippen molar-refractivity contribution in [1.82, 2.24) is 0 Å². The Bertz CT molecular complexity index is 637. The number of ether oxygens (including phenoxy) is 1. The molecule has 2 aromatic rings. The molecule has 0 bridgehead atoms. The number of hydrogen-bond donors (Lipinski definition) is 1. The van der Waals surface area contributed by atoms with Gasteiger partial charge in [-0.1, -0.05) is 42.2 Å². The fourth-order valence-electron chi connectivity index (χ4n) is 2.37. The standard InChI is InChI=1S/C18H17NO/c1-2-7-15(8-3-1)9-6-14-20-17-12-4-10-16-11-5-13-19-18(16)17/h1-4,7-8,10,12,19H,5,11,13-14H2. The molecule has 1 N–H and O–H groups in total. The summed E-state index contributed by atoms with van der Waals surface area (Å²) in [4.78, 5) is 0. The Morgan fingerprint density at radius 1 is 1.05 bits per heavy atom. The molecule has 0 radical (unpaired) electrons. The van der Waals surface area contributed by atoms with Gasteiger partial charge >= 0.3 is 0 Å². The van der Waals surface area contributed by atoms with Crippen LogP contribution in [0.3, 0.4) is 0 Å². The molecule has 1 aliphatic heterocycles. The molecule has 0 amide bonds. The zero-order valence-electron chi connectivity index (χ0n) is 11.4. The zero-order valence-corrected chi connectivity index (χ0v) is 11.4. The van der Waals surface area contributed by atoms with Crippen LogP contribution in [0.25, 0.3) is 0 Å². The van der Waals surface area contributed by atoms with Gasteiger partial charge in [0, 0.05) is 12.1 Å². The van der Waals surface area contributed by atoms with Gasteiger partial charge in [0.1, 0.15) is 12.4 Å². The topological polar surface area (TPSA) is 21.3 Å². The molecule has 2 heteroatoms. The smallest absolute Gasteiger partial charge is 0.149 e. The lowest BCUT2D eigenvalue weighted by Gasteiger charge is -2.20. The van der Waals surface area contributed by atoms with E-state index in [9.17, 15) is 0 Å². The first-order valence-corrected chi connectivity index (χ1v) is 6.96. The second kappa shape index (κ2) is 6.16. The van der Waals surface area contributed by atoms with Gasteiger partial charge < -0.3 is 10.1 Å². The van der Waals surface area contributed by atoms with Gasteiger partial charge in [-0.05, 0) is 36.6 Å². The van der Waals surface area contributed by atoms with Crippen LogP contribution in [0.15, 0.2) is 48.5 Å². The largest absolute Gasteiger partial charge is 0.479 e. The Morgan fingerprint density at radius 2 is 1.95 bits per heavy atom. The normalized spacial score (nSPS) is 12.6. The summed E-state index contributed by atoms with van der Waals surface area (Å²) in [6, 6.07) is 16.2. The molecular formula is C18H17NO. The molecule has 0 aliphatic carbocycles. The van der Waals surface area contributed by atoms with E-state index in [1.165, 1.54) is 12.0 Å². The summed E-state index contributed by atoms with van der Waals surface area (Å²) < 4.78 is 5.79. The quantitative estimate of drug-likeness (QED) is 0.838. The van der Waals surface area contributed by atoms with E-state index in [1.54, 1.807) is 0 Å². The minimum absolute atomic E-state index is 0.410. The Morgan fingerprint density at radius 3 is 2.85 bits per heavy atom. The highest BCUT2D eigenvalue weighted by atomic mass is 16.5. The van der Waals surface area contributed by atoms with Crippen LogP contribution in [0.2, 0.25) is 0 Å². The van der Waals surface area contributed by atoms with Crippen LogP contribution >= 0.6 is 0 Å². The Kier molecular flexibility index (Phi) is 3.89. The van der Waals surface area contributed by atoms with E-state index in [-0.39, 0.29) is 0 Å². The van der Waals surface area contributed by atoms with Crippen molar-refractivity contribution >= 4 is 5.69 Å². The van der Waals surface area contributed by atoms with Crippen molar-refractivity contribution in [3.05, 3.63) is 59.7 Å². The molecule has 2 aromatic carbocycles. The minimum atomic E-state index is 0.410. The molecule has 1 aliphatic rings. The monoisotopic (exact) mass is 263 g/mol. The Balaban J connectivity index is 1.66. The number of fused-ring (bicyclic) bond motifs is 1. The fraction of sp³-hybridized carbons (Fsp3) is 0.222. The van der Waals surface area contributed by atoms with Crippen LogP contribution < -0.4 is 10.1 Å². The SMILES string of the molecule is C(#Cc1ccccc1)COc1cccc2c1NCCC2. The number of para-hydroxylation sites is 1. The van der Waals surface area contributed by atoms with E-state index in [0.717, 1.165) is 30.0 Å². The van der Waals surface area contributed by atoms with Gasteiger partial charge in [0.15, 0.2) is 0 Å². The molecule has 1 heterocycles. The predicted octanol–water partition coefficient (Wildman–Crippen LogP) is 3.48. The molecule has 2 nitrogen and oxygen atoms in total. The summed E-state index contributed by atoms with van der Waals surface area (Å²) in [6.07, 6.45) is 2.31. The summed E-state index contributed by atoms with van der Waals surface area (Å²) in [5.74, 6) is 7.06. The van der Waals surface area contributed by atoms with E-state index in [2.05, 4.69) is 23.2 Å². The summed E-state index contributed by atoms with van der Waals surface area (Å²) in [6.45, 7) is 1.43. The van der Waals surface area contributed by atoms with Crippen LogP contribution in [-0.2, 0) is 6.42 Å². The Hall–Kier alpha value is -2.40. The van der Waals surface area contributed by atoms with E-state index < -0.39 is 0 Å². The lowest BCUT2D eigenvalue weighted by atomic mass is 10.0. The molecule has 0 atom stereocenters. The highest BCUT2D eigenvalue weighted by molar-refractivity contribution is 5.63. The fourth-order valence-corrected chi connectivity index (χ4v) is 2.37. The number of rotatable bonds is 2. The van der Waals surface area contributed by atoms with Crippen molar-refractivity contribution in [3.63, 3.8) is 0 Å². The highest BCUT2D eigenvalue weighted by Gasteiger charge is 2.12. The molecule has 0 fully saturated rings. The van der Waals surface area contributed by atoms with Crippen LogP contribution in [0, 0.1) is 11.8 Å². The number of benzene rings is 2. The van der Waals surface area contributed by atoms with Gasteiger partial charge in [-0.3, -0.25) is 0 Å². The molecule has 0 unspecified atom stereocenters. The number of anilines is 1. The van der Waals surface area contributed by atoms with E-state index in [4.69, 9.17) is 4.74 Å². The van der Waals surface area contributed by atoms with Gasteiger partial charge in [0.25, 0.3) is 0 Å². The van der Waals surface area contributed by atoms with Crippen LogP contribution in [0.5, 0.6) is 5.75 Å². The lowest BCUT2D eigenvalue weighted by Crippen LogP contribution is -2.13. The zero-order chi connectivity index (χ0) is 13.6. The van der Waals surface area contributed by atoms with Gasteiger partial charge in [-0.2, -0.15) is 0 Å². The minimum Gasteiger partial charge on any atom is -0.479 e. The van der Waals surface area contributed by atoms with E-state index in [0.29, 0.717) is 6.61 Å². The average Bonchev–Trinajstić information content (AvgIpc) is 2.53. The first-order chi connectivity index (χ1) is 9.93. The third kappa shape index (κ3) is 2.95. The molecule has 0 spiro atoms. The van der Waals surface area contributed by atoms with Gasteiger partial charge in [-0.25, -0.2) is 0 Å². The maximum absolute atomic E-state index is 5.79. The van der Waals surface area contributed by atoms with Crippen LogP contribution in [-0.4, -0.2) is 13.2 Å². The second-order valence-electron chi connectivity index (χ2n) is 4.78. The molecule has 0 saturated heterocycles. The summed E-state index contributed by atoms with van der Waals surface area (Å²) in [5.41, 5.74) is 3.49. The molecular weight excluding hydrogens is 246 g/mol. The maximum atomic E-state index is 5.79. The highest BCUT2D eigenvalue weighted by Crippen LogP contribution is 2.31. The van der Waals surface area contributed by atoms with Crippen molar-refractivity contribution in [2.24, 2.45) is 0 Å². The number of nitrogens with one attached hydrogen (secondary N) is 1. The second-order valence-corrected chi connectivity index (χ2v) is 4.78. The van der Waals surface area contributed by atoms with Crippen molar-refractivity contribution < 1.29 is 4.74 Å². The van der Waals surface area contributed by atoms with Crippen molar-refractivity contribution in [2.75, 3.05) is 18.5 Å². The number of hydrogen-bond acceptors (Lipinski definition) is 2. The van der Waals surface area contributed by atoms with Crippen molar-refractivity contribution in [1.29, 1.82) is 0 Å². The first-order valence-electron chi connectivity index (χ1n) is 6.96. The van der Waals surface area contributed by atoms with Crippen LogP contribution in [0.1, 0.15) is 17.5 Å². The van der Waals surface area contributed by atoms with Crippen molar-refractivity contribution in [2.45, 2.75) is 12.8 Å². The molecule has 3 rings (SSSR count). The van der Waals surface area contributed by atoms with Crippen LogP contribution in [0.4, 0.5) is 5.69 Å². The molecule has 0 aromatic heterocycles. The third-order valence-corrected chi connectivity index (χ3v) is 3.34. The van der Waals surface area contributed by atoms with Gasteiger partial charge in [0.2, 0.25) is 0 Å². The Labute approximate surface area is 119 Å². The summed E-state index contributed by atoms with van der Waals surface area (Å²) in [7, 11) is 0. The third-order valence-electron chi connectivity index (χ3n) is 3.34. The lowest BCUT2D eigenvalue weighted by molar-refractivity contribution is 0.371. The van der Waals surface area contributed by atoms with Crippen molar-refractivity contribution in [3.8, 4) is 17.6 Å². The number of aryl methyl sites for hydroxylation is 1. The van der Waals surface area contributed by atoms with Gasteiger partial charge in [0.05, 0.1) is 5.69 Å². The summed E-state index contributed by atoms with van der Waals surface area (Å²) in [5, 5.41) is 3.42. The summed E-state index contributed by atoms with van der Waals surface area (Å²) >= 11 is 0. The van der Waals surface area contributed by atoms with E-state index >= 15 is 0 Å². The predicted molar refractivity (Wildman–Crippen MR) is 82.1 cm³/mol. The first kappa shape index (κ1) is 12.6. The molecule has 100 valence electrons. The molecule has 0 saturated carbocycles. The average molecular weight is 263 g/mol. The maximum Gasteiger partial charge on any atom is 0.149 e. The molecule has 20 heavy (non-hydrogen) atoms. The van der Waals surface area contributed by atoms with E-state index in [1.807, 2.05) is 42.5 Å². The van der Waals surface area contributed by atoms with Gasteiger partial charge in [-0.15, -0.1) is 0 Å².